The highest BCUT2D eigenvalue weighted by Crippen LogP contribution is 2.42. The average molecular weight is 184 g/mol. The van der Waals surface area contributed by atoms with Gasteiger partial charge in [0.05, 0.1) is 0 Å². The molecule has 13 heavy (non-hydrogen) atoms. The molecule has 1 rings (SSSR count). The fraction of sp³-hybridized carbons (Fsp3) is 0.818. The fourth-order valence-corrected chi connectivity index (χ4v) is 1.69. The molecule has 1 aliphatic rings. The molecule has 1 heterocycles. The van der Waals surface area contributed by atoms with Gasteiger partial charge in [-0.05, 0) is 32.6 Å². The van der Waals surface area contributed by atoms with Gasteiger partial charge in [0.15, 0.2) is 5.79 Å². The Morgan fingerprint density at radius 1 is 1.62 bits per heavy atom. The highest BCUT2D eigenvalue weighted by atomic mass is 16.8. The van der Waals surface area contributed by atoms with Crippen molar-refractivity contribution in [2.45, 2.75) is 45.5 Å². The van der Waals surface area contributed by atoms with Crippen molar-refractivity contribution in [1.82, 2.24) is 0 Å². The number of rotatable bonds is 5. The zero-order valence-corrected chi connectivity index (χ0v) is 9.04. The third-order valence-corrected chi connectivity index (χ3v) is 2.77. The Kier molecular flexibility index (Phi) is 3.51. The van der Waals surface area contributed by atoms with Gasteiger partial charge < -0.3 is 9.47 Å². The van der Waals surface area contributed by atoms with E-state index in [0.717, 1.165) is 6.42 Å². The second-order valence-corrected chi connectivity index (χ2v) is 3.88. The van der Waals surface area contributed by atoms with Crippen LogP contribution in [0.25, 0.3) is 0 Å². The zero-order valence-electron chi connectivity index (χ0n) is 9.04. The number of epoxide rings is 1. The van der Waals surface area contributed by atoms with Crippen LogP contribution in [0, 0.1) is 5.92 Å². The van der Waals surface area contributed by atoms with Crippen LogP contribution in [0.5, 0.6) is 0 Å². The first kappa shape index (κ1) is 10.7. The summed E-state index contributed by atoms with van der Waals surface area (Å²) in [7, 11) is 1.71. The predicted octanol–water partition coefficient (Wildman–Crippen LogP) is 2.74. The van der Waals surface area contributed by atoms with E-state index < -0.39 is 0 Å². The number of allylic oxidation sites excluding steroid dienone is 2. The molecule has 3 atom stereocenters. The van der Waals surface area contributed by atoms with Crippen LogP contribution in [0.3, 0.4) is 0 Å². The molecule has 0 bridgehead atoms. The Balaban J connectivity index is 2.23. The van der Waals surface area contributed by atoms with Crippen LogP contribution in [0.1, 0.15) is 33.6 Å². The molecule has 0 aliphatic carbocycles. The van der Waals surface area contributed by atoms with Crippen molar-refractivity contribution < 1.29 is 9.47 Å². The molecule has 2 nitrogen and oxygen atoms in total. The summed E-state index contributed by atoms with van der Waals surface area (Å²) in [5.74, 6) is 0.288. The van der Waals surface area contributed by atoms with Crippen LogP contribution < -0.4 is 0 Å². The molecule has 0 aromatic rings. The first-order chi connectivity index (χ1) is 6.14. The average Bonchev–Trinajstić information content (AvgIpc) is 2.80. The van der Waals surface area contributed by atoms with E-state index in [0.29, 0.717) is 12.0 Å². The lowest BCUT2D eigenvalue weighted by atomic mass is 9.98. The summed E-state index contributed by atoms with van der Waals surface area (Å²) >= 11 is 0. The van der Waals surface area contributed by atoms with E-state index in [1.165, 1.54) is 6.42 Å². The second-order valence-electron chi connectivity index (χ2n) is 3.88. The van der Waals surface area contributed by atoms with Gasteiger partial charge in [0.25, 0.3) is 0 Å². The molecular formula is C11H20O2. The van der Waals surface area contributed by atoms with Crippen molar-refractivity contribution in [3.05, 3.63) is 12.2 Å². The molecule has 1 fully saturated rings. The summed E-state index contributed by atoms with van der Waals surface area (Å²) in [6, 6.07) is 0. The Bertz CT molecular complexity index is 189. The summed E-state index contributed by atoms with van der Waals surface area (Å²) < 4.78 is 10.7. The number of methoxy groups -OCH3 is 1. The van der Waals surface area contributed by atoms with E-state index in [4.69, 9.17) is 9.47 Å². The molecule has 0 amide bonds. The van der Waals surface area contributed by atoms with E-state index >= 15 is 0 Å². The van der Waals surface area contributed by atoms with E-state index in [-0.39, 0.29) is 5.79 Å². The van der Waals surface area contributed by atoms with Crippen LogP contribution in [0.15, 0.2) is 12.2 Å². The first-order valence-electron chi connectivity index (χ1n) is 4.98. The monoisotopic (exact) mass is 184 g/mol. The standard InChI is InChI=1S/C11H20O2/c1-5-6-7-8-9(2)10-11(3,12-4)13-10/h5-6,9-10H,7-8H2,1-4H3. The molecule has 1 saturated heterocycles. The normalized spacial score (nSPS) is 35.2. The topological polar surface area (TPSA) is 21.8 Å². The molecule has 0 radical (unpaired) electrons. The third-order valence-electron chi connectivity index (χ3n) is 2.77. The predicted molar refractivity (Wildman–Crippen MR) is 53.5 cm³/mol. The maximum Gasteiger partial charge on any atom is 0.192 e. The summed E-state index contributed by atoms with van der Waals surface area (Å²) in [6.07, 6.45) is 6.90. The Labute approximate surface area is 80.9 Å². The van der Waals surface area contributed by atoms with E-state index in [9.17, 15) is 0 Å². The summed E-state index contributed by atoms with van der Waals surface area (Å²) in [6.45, 7) is 6.28. The highest BCUT2D eigenvalue weighted by Gasteiger charge is 2.55. The smallest absolute Gasteiger partial charge is 0.192 e. The maximum absolute atomic E-state index is 5.50. The highest BCUT2D eigenvalue weighted by molar-refractivity contribution is 4.94. The Hall–Kier alpha value is -0.340. The van der Waals surface area contributed by atoms with Crippen LogP contribution in [0.2, 0.25) is 0 Å². The second kappa shape index (κ2) is 4.25. The molecule has 0 saturated carbocycles. The minimum Gasteiger partial charge on any atom is -0.351 e. The fourth-order valence-electron chi connectivity index (χ4n) is 1.69. The largest absolute Gasteiger partial charge is 0.351 e. The molecule has 0 spiro atoms. The summed E-state index contributed by atoms with van der Waals surface area (Å²) in [4.78, 5) is 0. The van der Waals surface area contributed by atoms with Gasteiger partial charge in [0, 0.05) is 7.11 Å². The SMILES string of the molecule is CC=CCCC(C)C1OC1(C)OC. The molecule has 2 heteroatoms. The van der Waals surface area contributed by atoms with E-state index in [2.05, 4.69) is 26.0 Å². The van der Waals surface area contributed by atoms with Gasteiger partial charge in [-0.3, -0.25) is 0 Å². The summed E-state index contributed by atoms with van der Waals surface area (Å²) in [5, 5.41) is 0. The van der Waals surface area contributed by atoms with Gasteiger partial charge >= 0.3 is 0 Å². The molecule has 0 N–H and O–H groups in total. The van der Waals surface area contributed by atoms with Crippen molar-refractivity contribution in [2.24, 2.45) is 5.92 Å². The zero-order chi connectivity index (χ0) is 9.90. The van der Waals surface area contributed by atoms with E-state index in [1.54, 1.807) is 7.11 Å². The quantitative estimate of drug-likeness (QED) is 0.484. The Morgan fingerprint density at radius 2 is 2.31 bits per heavy atom. The number of hydrogen-bond acceptors (Lipinski definition) is 2. The number of hydrogen-bond donors (Lipinski definition) is 0. The minimum atomic E-state index is -0.296. The maximum atomic E-state index is 5.50. The van der Waals surface area contributed by atoms with Crippen LogP contribution in [0.4, 0.5) is 0 Å². The minimum absolute atomic E-state index is 0.294. The molecule has 1 aliphatic heterocycles. The van der Waals surface area contributed by atoms with Crippen LogP contribution in [-0.4, -0.2) is 19.0 Å². The van der Waals surface area contributed by atoms with Crippen LogP contribution in [-0.2, 0) is 9.47 Å². The van der Waals surface area contributed by atoms with Crippen molar-refractivity contribution in [3.63, 3.8) is 0 Å². The van der Waals surface area contributed by atoms with Gasteiger partial charge in [0.2, 0.25) is 0 Å². The van der Waals surface area contributed by atoms with Crippen LogP contribution >= 0.6 is 0 Å². The lowest BCUT2D eigenvalue weighted by Gasteiger charge is -2.08. The molecule has 3 unspecified atom stereocenters. The van der Waals surface area contributed by atoms with Crippen molar-refractivity contribution >= 4 is 0 Å². The Morgan fingerprint density at radius 3 is 2.77 bits per heavy atom. The summed E-state index contributed by atoms with van der Waals surface area (Å²) in [5.41, 5.74) is 0. The first-order valence-corrected chi connectivity index (χ1v) is 4.98. The van der Waals surface area contributed by atoms with Gasteiger partial charge in [-0.1, -0.05) is 19.1 Å². The number of ether oxygens (including phenoxy) is 2. The molecule has 0 aromatic heterocycles. The van der Waals surface area contributed by atoms with Gasteiger partial charge in [0.1, 0.15) is 6.10 Å². The van der Waals surface area contributed by atoms with Crippen molar-refractivity contribution in [1.29, 1.82) is 0 Å². The van der Waals surface area contributed by atoms with Gasteiger partial charge in [-0.2, -0.15) is 0 Å². The van der Waals surface area contributed by atoms with E-state index in [1.807, 2.05) is 6.92 Å². The van der Waals surface area contributed by atoms with Crippen molar-refractivity contribution in [3.8, 4) is 0 Å². The molecule has 0 aromatic carbocycles. The lowest BCUT2D eigenvalue weighted by Crippen LogP contribution is -2.17. The lowest BCUT2D eigenvalue weighted by molar-refractivity contribution is 0.00564. The van der Waals surface area contributed by atoms with Gasteiger partial charge in [-0.15, -0.1) is 0 Å². The molecular weight excluding hydrogens is 164 g/mol. The molecule has 76 valence electrons. The van der Waals surface area contributed by atoms with Crippen molar-refractivity contribution in [2.75, 3.05) is 7.11 Å². The third kappa shape index (κ3) is 2.55. The van der Waals surface area contributed by atoms with Gasteiger partial charge in [-0.25, -0.2) is 0 Å².